The number of carbonyl (C=O) groups is 2. The van der Waals surface area contributed by atoms with Crippen molar-refractivity contribution < 1.29 is 50.7 Å². The molecule has 4 aliphatic carbocycles. The van der Waals surface area contributed by atoms with Gasteiger partial charge in [-0.2, -0.15) is 17.2 Å². The van der Waals surface area contributed by atoms with Crippen molar-refractivity contribution in [3.63, 3.8) is 0 Å². The molecule has 0 radical (unpaired) electrons. The van der Waals surface area contributed by atoms with E-state index in [9.17, 15) is 31.9 Å². The standard InChI is InChI=1S/C25H38F2O9S/c1-15-3-17-5-19(10-23(30,7-15)9-17)14-35-22(29)36-24-8-16(2)4-18(11-24)6-20(12-24)13-34-21(28)25(26,27)37(31,32)33/h15-20,30H,3-14H2,1-2H3,(H,31,32,33). The van der Waals surface area contributed by atoms with Crippen LogP contribution >= 0.6 is 0 Å². The Morgan fingerprint density at radius 1 is 0.865 bits per heavy atom. The van der Waals surface area contributed by atoms with Gasteiger partial charge in [0.15, 0.2) is 0 Å². The first kappa shape index (κ1) is 28.5. The average Bonchev–Trinajstić information content (AvgIpc) is 2.72. The third kappa shape index (κ3) is 6.55. The number of hydrogen-bond acceptors (Lipinski definition) is 8. The first-order valence-electron chi connectivity index (χ1n) is 13.2. The van der Waals surface area contributed by atoms with Crippen LogP contribution < -0.4 is 0 Å². The molecular formula is C25H38F2O9S. The van der Waals surface area contributed by atoms with Gasteiger partial charge in [-0.25, -0.2) is 9.59 Å². The van der Waals surface area contributed by atoms with Gasteiger partial charge in [0.2, 0.25) is 0 Å². The number of ether oxygens (including phenoxy) is 3. The lowest BCUT2D eigenvalue weighted by atomic mass is 9.62. The smallest absolute Gasteiger partial charge is 0.460 e. The number of aliphatic hydroxyl groups is 1. The minimum atomic E-state index is -5.94. The predicted octanol–water partition coefficient (Wildman–Crippen LogP) is 4.33. The van der Waals surface area contributed by atoms with Crippen LogP contribution in [0.5, 0.6) is 0 Å². The van der Waals surface area contributed by atoms with Gasteiger partial charge in [0.25, 0.3) is 0 Å². The van der Waals surface area contributed by atoms with E-state index in [1.807, 2.05) is 6.92 Å². The van der Waals surface area contributed by atoms with Crippen LogP contribution in [0.1, 0.15) is 78.1 Å². The normalized spacial score (nSPS) is 39.9. The Hall–Kier alpha value is -1.53. The van der Waals surface area contributed by atoms with Crippen LogP contribution in [-0.2, 0) is 29.1 Å². The molecule has 212 valence electrons. The van der Waals surface area contributed by atoms with E-state index < -0.39 is 51.2 Å². The van der Waals surface area contributed by atoms with Gasteiger partial charge in [-0.1, -0.05) is 13.8 Å². The summed E-state index contributed by atoms with van der Waals surface area (Å²) < 4.78 is 73.2. The highest BCUT2D eigenvalue weighted by Crippen LogP contribution is 2.50. The average molecular weight is 553 g/mol. The molecule has 4 aliphatic rings. The summed E-state index contributed by atoms with van der Waals surface area (Å²) in [6.45, 7) is 3.88. The van der Waals surface area contributed by atoms with Crippen molar-refractivity contribution >= 4 is 22.2 Å². The molecule has 4 rings (SSSR count). The molecule has 0 spiro atoms. The Kier molecular flexibility index (Phi) is 7.87. The molecule has 0 saturated heterocycles. The molecule has 37 heavy (non-hydrogen) atoms. The van der Waals surface area contributed by atoms with Gasteiger partial charge in [0.1, 0.15) is 5.60 Å². The highest BCUT2D eigenvalue weighted by Gasteiger charge is 2.55. The third-order valence-corrected chi connectivity index (χ3v) is 9.48. The molecule has 0 aliphatic heterocycles. The summed E-state index contributed by atoms with van der Waals surface area (Å²) in [7, 11) is -5.94. The van der Waals surface area contributed by atoms with E-state index in [1.165, 1.54) is 0 Å². The molecule has 0 aromatic carbocycles. The second-order valence-electron chi connectivity index (χ2n) is 12.5. The van der Waals surface area contributed by atoms with E-state index in [1.54, 1.807) is 0 Å². The van der Waals surface area contributed by atoms with E-state index in [2.05, 4.69) is 11.7 Å². The van der Waals surface area contributed by atoms with E-state index in [0.717, 1.165) is 32.1 Å². The topological polar surface area (TPSA) is 136 Å². The number of carbonyl (C=O) groups excluding carboxylic acids is 2. The van der Waals surface area contributed by atoms with Gasteiger partial charge in [0.05, 0.1) is 18.8 Å². The largest absolute Gasteiger partial charge is 0.508 e. The Morgan fingerprint density at radius 3 is 2.05 bits per heavy atom. The molecule has 0 amide bonds. The van der Waals surface area contributed by atoms with Crippen molar-refractivity contribution in [3.05, 3.63) is 0 Å². The number of rotatable bonds is 7. The Balaban J connectivity index is 1.33. The number of alkyl halides is 2. The summed E-state index contributed by atoms with van der Waals surface area (Å²) in [6, 6.07) is 0. The van der Waals surface area contributed by atoms with Crippen molar-refractivity contribution in [1.29, 1.82) is 0 Å². The van der Waals surface area contributed by atoms with E-state index in [-0.39, 0.29) is 30.8 Å². The lowest BCUT2D eigenvalue weighted by Crippen LogP contribution is -2.49. The zero-order valence-corrected chi connectivity index (χ0v) is 22.2. The van der Waals surface area contributed by atoms with Crippen LogP contribution in [0.2, 0.25) is 0 Å². The van der Waals surface area contributed by atoms with E-state index in [0.29, 0.717) is 37.5 Å². The lowest BCUT2D eigenvalue weighted by Gasteiger charge is -2.49. The minimum Gasteiger partial charge on any atom is -0.460 e. The second kappa shape index (κ2) is 10.2. The summed E-state index contributed by atoms with van der Waals surface area (Å²) in [5.74, 6) is -1.43. The van der Waals surface area contributed by atoms with E-state index in [4.69, 9.17) is 14.0 Å². The first-order valence-corrected chi connectivity index (χ1v) is 14.6. The molecule has 8 unspecified atom stereocenters. The SMILES string of the molecule is CC1CC2CC(COC(=O)OC34CC(C)CC(CC(COC(=O)C(F)(F)S(=O)(=O)O)C3)C4)CC(O)(C1)C2. The van der Waals surface area contributed by atoms with Crippen molar-refractivity contribution in [2.45, 2.75) is 94.5 Å². The van der Waals surface area contributed by atoms with Gasteiger partial charge >= 0.3 is 27.5 Å². The van der Waals surface area contributed by atoms with E-state index >= 15 is 0 Å². The molecule has 9 nitrogen and oxygen atoms in total. The molecule has 0 heterocycles. The van der Waals surface area contributed by atoms with Gasteiger partial charge in [-0.05, 0) is 99.7 Å². The second-order valence-corrected chi connectivity index (χ2v) is 14.0. The highest BCUT2D eigenvalue weighted by molar-refractivity contribution is 7.87. The van der Waals surface area contributed by atoms with Crippen LogP contribution in [0.3, 0.4) is 0 Å². The maximum atomic E-state index is 13.5. The van der Waals surface area contributed by atoms with Crippen molar-refractivity contribution in [1.82, 2.24) is 0 Å². The van der Waals surface area contributed by atoms with Crippen LogP contribution in [0.25, 0.3) is 0 Å². The molecule has 2 N–H and O–H groups in total. The van der Waals surface area contributed by atoms with Gasteiger partial charge in [-0.3, -0.25) is 4.55 Å². The van der Waals surface area contributed by atoms with Crippen molar-refractivity contribution in [3.8, 4) is 0 Å². The zero-order valence-electron chi connectivity index (χ0n) is 21.4. The van der Waals surface area contributed by atoms with Gasteiger partial charge < -0.3 is 19.3 Å². The molecule has 4 fully saturated rings. The quantitative estimate of drug-likeness (QED) is 0.349. The molecule has 4 bridgehead atoms. The summed E-state index contributed by atoms with van der Waals surface area (Å²) in [6.07, 6.45) is 6.08. The number of esters is 1. The maximum absolute atomic E-state index is 13.5. The fourth-order valence-corrected chi connectivity index (χ4v) is 8.27. The Labute approximate surface area is 216 Å². The molecule has 12 heteroatoms. The zero-order chi connectivity index (χ0) is 27.2. The number of halogens is 2. The third-order valence-electron chi connectivity index (χ3n) is 8.66. The molecule has 0 aromatic heterocycles. The Morgan fingerprint density at radius 2 is 1.43 bits per heavy atom. The van der Waals surface area contributed by atoms with Crippen LogP contribution in [0.4, 0.5) is 13.6 Å². The monoisotopic (exact) mass is 552 g/mol. The van der Waals surface area contributed by atoms with Crippen LogP contribution in [0, 0.1) is 35.5 Å². The fraction of sp³-hybridized carbons (Fsp3) is 0.920. The molecular weight excluding hydrogens is 514 g/mol. The number of hydrogen-bond donors (Lipinski definition) is 2. The van der Waals surface area contributed by atoms with Crippen LogP contribution in [-0.4, -0.2) is 59.9 Å². The first-order chi connectivity index (χ1) is 17.1. The van der Waals surface area contributed by atoms with Gasteiger partial charge in [0, 0.05) is 0 Å². The van der Waals surface area contributed by atoms with Crippen molar-refractivity contribution in [2.75, 3.05) is 13.2 Å². The Bertz CT molecular complexity index is 981. The minimum absolute atomic E-state index is 0.0577. The molecule has 4 saturated carbocycles. The van der Waals surface area contributed by atoms with Crippen LogP contribution in [0.15, 0.2) is 0 Å². The van der Waals surface area contributed by atoms with Crippen molar-refractivity contribution in [2.24, 2.45) is 35.5 Å². The fourth-order valence-electron chi connectivity index (χ4n) is 8.00. The lowest BCUT2D eigenvalue weighted by molar-refractivity contribution is -0.167. The summed E-state index contributed by atoms with van der Waals surface area (Å²) in [4.78, 5) is 24.4. The number of fused-ring (bicyclic) bond motifs is 4. The highest BCUT2D eigenvalue weighted by atomic mass is 32.2. The summed E-state index contributed by atoms with van der Waals surface area (Å²) in [5.41, 5.74) is -1.60. The molecule has 8 atom stereocenters. The maximum Gasteiger partial charge on any atom is 0.508 e. The summed E-state index contributed by atoms with van der Waals surface area (Å²) >= 11 is 0. The van der Waals surface area contributed by atoms with Gasteiger partial charge in [-0.15, -0.1) is 0 Å². The molecule has 0 aromatic rings. The predicted molar refractivity (Wildman–Crippen MR) is 126 cm³/mol. The summed E-state index contributed by atoms with van der Waals surface area (Å²) in [5, 5.41) is 5.88.